The molecule has 2 aromatic rings. The number of anilines is 1. The zero-order valence-corrected chi connectivity index (χ0v) is 11.6. The van der Waals surface area contributed by atoms with Crippen LogP contribution in [0.3, 0.4) is 0 Å². The van der Waals surface area contributed by atoms with E-state index in [-0.39, 0.29) is 0 Å². The molecule has 1 aromatic carbocycles. The van der Waals surface area contributed by atoms with Gasteiger partial charge >= 0.3 is 0 Å². The minimum atomic E-state index is 0.668. The molecule has 4 heteroatoms. The minimum Gasteiger partial charge on any atom is -0.358 e. The van der Waals surface area contributed by atoms with Gasteiger partial charge in [-0.2, -0.15) is 0 Å². The van der Waals surface area contributed by atoms with Gasteiger partial charge in [0.2, 0.25) is 0 Å². The Balaban J connectivity index is 1.61. The van der Waals surface area contributed by atoms with E-state index in [1.807, 2.05) is 18.2 Å². The molecule has 18 heavy (non-hydrogen) atoms. The monoisotopic (exact) mass is 278 g/mol. The molecule has 0 bridgehead atoms. The van der Waals surface area contributed by atoms with Crippen LogP contribution in [0.2, 0.25) is 5.02 Å². The fourth-order valence-electron chi connectivity index (χ4n) is 2.63. The van der Waals surface area contributed by atoms with Crippen LogP contribution in [0.4, 0.5) is 5.13 Å². The highest BCUT2D eigenvalue weighted by Crippen LogP contribution is 2.46. The lowest BCUT2D eigenvalue weighted by Crippen LogP contribution is -2.23. The molecule has 2 saturated carbocycles. The van der Waals surface area contributed by atoms with E-state index in [2.05, 4.69) is 10.3 Å². The number of hydrogen-bond acceptors (Lipinski definition) is 3. The summed E-state index contributed by atoms with van der Waals surface area (Å²) in [5, 5.41) is 5.53. The number of fused-ring (bicyclic) bond motifs is 1. The third kappa shape index (κ3) is 2.10. The Hall–Kier alpha value is -0.800. The molecule has 0 atom stereocenters. The van der Waals surface area contributed by atoms with Crippen molar-refractivity contribution in [3.63, 3.8) is 0 Å². The maximum absolute atomic E-state index is 6.01. The van der Waals surface area contributed by atoms with Crippen molar-refractivity contribution in [1.29, 1.82) is 0 Å². The van der Waals surface area contributed by atoms with Gasteiger partial charge in [-0.3, -0.25) is 0 Å². The molecule has 2 nitrogen and oxygen atoms in total. The molecule has 0 saturated heterocycles. The molecule has 94 valence electrons. The minimum absolute atomic E-state index is 0.668. The molecule has 0 spiro atoms. The summed E-state index contributed by atoms with van der Waals surface area (Å²) in [5.41, 5.74) is 1.05. The number of benzene rings is 1. The second-order valence-corrected chi connectivity index (χ2v) is 6.94. The summed E-state index contributed by atoms with van der Waals surface area (Å²) in [4.78, 5) is 4.66. The lowest BCUT2D eigenvalue weighted by atomic mass is 10.1. The predicted octanol–water partition coefficient (Wildman–Crippen LogP) is 4.55. The molecule has 1 aromatic heterocycles. The lowest BCUT2D eigenvalue weighted by molar-refractivity contribution is 0.567. The van der Waals surface area contributed by atoms with Crippen LogP contribution in [-0.2, 0) is 0 Å². The fraction of sp³-hybridized carbons (Fsp3) is 0.500. The molecule has 2 aliphatic carbocycles. The Morgan fingerprint density at radius 3 is 2.61 bits per heavy atom. The topological polar surface area (TPSA) is 24.9 Å². The van der Waals surface area contributed by atoms with Crippen molar-refractivity contribution in [1.82, 2.24) is 4.98 Å². The van der Waals surface area contributed by atoms with E-state index in [0.29, 0.717) is 6.04 Å². The normalized spacial score (nSPS) is 19.7. The van der Waals surface area contributed by atoms with E-state index in [0.717, 1.165) is 27.5 Å². The molecule has 0 radical (unpaired) electrons. The van der Waals surface area contributed by atoms with E-state index in [1.54, 1.807) is 11.3 Å². The van der Waals surface area contributed by atoms with Gasteiger partial charge in [-0.05, 0) is 55.7 Å². The molecule has 0 aliphatic heterocycles. The first-order valence-corrected chi connectivity index (χ1v) is 7.82. The summed E-state index contributed by atoms with van der Waals surface area (Å²) in [6.07, 6.45) is 5.57. The SMILES string of the molecule is Clc1ccc2nc(NC(C3CC3)C3CC3)sc2c1. The molecule has 2 aliphatic rings. The van der Waals surface area contributed by atoms with Gasteiger partial charge in [0.1, 0.15) is 0 Å². The molecule has 4 rings (SSSR count). The summed E-state index contributed by atoms with van der Waals surface area (Å²) in [5.74, 6) is 1.79. The third-order valence-electron chi connectivity index (χ3n) is 3.90. The number of aromatic nitrogens is 1. The summed E-state index contributed by atoms with van der Waals surface area (Å²) >= 11 is 7.74. The highest BCUT2D eigenvalue weighted by Gasteiger charge is 2.41. The van der Waals surface area contributed by atoms with Gasteiger partial charge in [-0.15, -0.1) is 0 Å². The van der Waals surface area contributed by atoms with E-state index >= 15 is 0 Å². The average Bonchev–Trinajstić information content (AvgIpc) is 3.23. The van der Waals surface area contributed by atoms with Crippen LogP contribution in [0.15, 0.2) is 18.2 Å². The number of thiazole rings is 1. The van der Waals surface area contributed by atoms with Gasteiger partial charge in [0, 0.05) is 11.1 Å². The van der Waals surface area contributed by atoms with Crippen molar-refractivity contribution in [3.8, 4) is 0 Å². The van der Waals surface area contributed by atoms with E-state index in [4.69, 9.17) is 11.6 Å². The second kappa shape index (κ2) is 4.10. The van der Waals surface area contributed by atoms with Crippen LogP contribution >= 0.6 is 22.9 Å². The Morgan fingerprint density at radius 1 is 1.22 bits per heavy atom. The summed E-state index contributed by atoms with van der Waals surface area (Å²) in [6.45, 7) is 0. The zero-order valence-electron chi connectivity index (χ0n) is 10.0. The largest absolute Gasteiger partial charge is 0.358 e. The maximum Gasteiger partial charge on any atom is 0.184 e. The van der Waals surface area contributed by atoms with Gasteiger partial charge in [0.25, 0.3) is 0 Å². The van der Waals surface area contributed by atoms with Crippen LogP contribution in [-0.4, -0.2) is 11.0 Å². The number of halogens is 1. The third-order valence-corrected chi connectivity index (χ3v) is 5.08. The van der Waals surface area contributed by atoms with Crippen molar-refractivity contribution in [2.24, 2.45) is 11.8 Å². The van der Waals surface area contributed by atoms with Crippen LogP contribution < -0.4 is 5.32 Å². The van der Waals surface area contributed by atoms with Crippen molar-refractivity contribution in [2.75, 3.05) is 5.32 Å². The number of hydrogen-bond donors (Lipinski definition) is 1. The Kier molecular flexibility index (Phi) is 2.52. The molecule has 0 unspecified atom stereocenters. The fourth-order valence-corrected chi connectivity index (χ4v) is 3.82. The van der Waals surface area contributed by atoms with E-state index in [1.165, 1.54) is 30.4 Å². The van der Waals surface area contributed by atoms with Gasteiger partial charge in [0.05, 0.1) is 10.2 Å². The first-order chi connectivity index (χ1) is 8.79. The maximum atomic E-state index is 6.01. The highest BCUT2D eigenvalue weighted by molar-refractivity contribution is 7.22. The van der Waals surface area contributed by atoms with Crippen molar-refractivity contribution >= 4 is 38.3 Å². The molecular formula is C14H15ClN2S. The first-order valence-electron chi connectivity index (χ1n) is 6.62. The molecular weight excluding hydrogens is 264 g/mol. The number of nitrogens with one attached hydrogen (secondary N) is 1. The molecule has 0 amide bonds. The Bertz CT molecular complexity index is 574. The number of nitrogens with zero attached hydrogens (tertiary/aromatic N) is 1. The summed E-state index contributed by atoms with van der Waals surface area (Å²) < 4.78 is 1.18. The second-order valence-electron chi connectivity index (χ2n) is 5.48. The summed E-state index contributed by atoms with van der Waals surface area (Å²) in [7, 11) is 0. The smallest absolute Gasteiger partial charge is 0.184 e. The predicted molar refractivity (Wildman–Crippen MR) is 77.5 cm³/mol. The van der Waals surface area contributed by atoms with E-state index < -0.39 is 0 Å². The van der Waals surface area contributed by atoms with Crippen LogP contribution in [0.25, 0.3) is 10.2 Å². The van der Waals surface area contributed by atoms with Gasteiger partial charge in [-0.25, -0.2) is 4.98 Å². The Labute approximate surface area is 115 Å². The zero-order chi connectivity index (χ0) is 12.1. The summed E-state index contributed by atoms with van der Waals surface area (Å²) in [6, 6.07) is 6.58. The van der Waals surface area contributed by atoms with Gasteiger partial charge < -0.3 is 5.32 Å². The van der Waals surface area contributed by atoms with Crippen molar-refractivity contribution in [3.05, 3.63) is 23.2 Å². The first kappa shape index (κ1) is 11.1. The van der Waals surface area contributed by atoms with Crippen LogP contribution in [0, 0.1) is 11.8 Å². The molecule has 2 fully saturated rings. The van der Waals surface area contributed by atoms with Gasteiger partial charge in [0.15, 0.2) is 5.13 Å². The van der Waals surface area contributed by atoms with Gasteiger partial charge in [-0.1, -0.05) is 22.9 Å². The van der Waals surface area contributed by atoms with E-state index in [9.17, 15) is 0 Å². The quantitative estimate of drug-likeness (QED) is 0.887. The standard InChI is InChI=1S/C14H15ClN2S/c15-10-5-6-11-12(7-10)18-14(16-11)17-13(8-1-2-8)9-3-4-9/h5-9,13H,1-4H2,(H,16,17). The van der Waals surface area contributed by atoms with Crippen LogP contribution in [0.1, 0.15) is 25.7 Å². The molecule has 1 heterocycles. The lowest BCUT2D eigenvalue weighted by Gasteiger charge is -2.16. The van der Waals surface area contributed by atoms with Crippen LogP contribution in [0.5, 0.6) is 0 Å². The van der Waals surface area contributed by atoms with Crippen molar-refractivity contribution in [2.45, 2.75) is 31.7 Å². The van der Waals surface area contributed by atoms with Crippen molar-refractivity contribution < 1.29 is 0 Å². The Morgan fingerprint density at radius 2 is 1.94 bits per heavy atom. The molecule has 1 N–H and O–H groups in total. The highest BCUT2D eigenvalue weighted by atomic mass is 35.5. The average molecular weight is 279 g/mol. The number of rotatable bonds is 4.